The molecule has 2 aromatic carbocycles. The van der Waals surface area contributed by atoms with Gasteiger partial charge in [0.2, 0.25) is 5.91 Å². The van der Waals surface area contributed by atoms with Crippen molar-refractivity contribution in [2.45, 2.75) is 44.7 Å². The van der Waals surface area contributed by atoms with Crippen molar-refractivity contribution in [1.29, 1.82) is 0 Å². The molecule has 1 atom stereocenters. The molecule has 1 heterocycles. The molecule has 1 unspecified atom stereocenters. The van der Waals surface area contributed by atoms with Crippen molar-refractivity contribution >= 4 is 11.9 Å². The lowest BCUT2D eigenvalue weighted by Gasteiger charge is -2.25. The molecule has 0 bridgehead atoms. The van der Waals surface area contributed by atoms with E-state index in [0.29, 0.717) is 23.9 Å². The fourth-order valence-electron chi connectivity index (χ4n) is 3.88. The molecule has 5 heteroatoms. The number of ether oxygens (including phenoxy) is 1. The van der Waals surface area contributed by atoms with Crippen molar-refractivity contribution < 1.29 is 14.3 Å². The fourth-order valence-corrected chi connectivity index (χ4v) is 3.88. The van der Waals surface area contributed by atoms with Crippen LogP contribution in [0.1, 0.15) is 47.2 Å². The Morgan fingerprint density at radius 2 is 1.86 bits per heavy atom. The lowest BCUT2D eigenvalue weighted by atomic mass is 10.1. The number of likely N-dealkylation sites (tertiary alicyclic amines) is 1. The minimum atomic E-state index is -0.317. The predicted octanol–water partition coefficient (Wildman–Crippen LogP) is 3.58. The third-order valence-corrected chi connectivity index (χ3v) is 5.52. The molecule has 2 aromatic rings. The molecule has 1 amide bonds. The summed E-state index contributed by atoms with van der Waals surface area (Å²) < 4.78 is 4.72. The summed E-state index contributed by atoms with van der Waals surface area (Å²) in [6.07, 6.45) is 4.62. The summed E-state index contributed by atoms with van der Waals surface area (Å²) in [6, 6.07) is 18.2. The van der Waals surface area contributed by atoms with E-state index in [9.17, 15) is 9.59 Å². The van der Waals surface area contributed by atoms with Crippen molar-refractivity contribution in [1.82, 2.24) is 10.2 Å². The van der Waals surface area contributed by atoms with Crippen LogP contribution in [0, 0.1) is 0 Å². The number of carbonyl (C=O) groups is 2. The average Bonchev–Trinajstić information content (AvgIpc) is 3.11. The molecule has 154 valence electrons. The highest BCUT2D eigenvalue weighted by Gasteiger charge is 2.29. The second-order valence-corrected chi connectivity index (χ2v) is 7.52. The largest absolute Gasteiger partial charge is 0.465 e. The first kappa shape index (κ1) is 21.1. The molecule has 0 spiro atoms. The molecule has 0 radical (unpaired) electrons. The van der Waals surface area contributed by atoms with Crippen LogP contribution in [-0.4, -0.2) is 43.0 Å². The highest BCUT2D eigenvalue weighted by Crippen LogP contribution is 2.22. The van der Waals surface area contributed by atoms with Crippen molar-refractivity contribution in [2.75, 3.05) is 20.2 Å². The average molecular weight is 395 g/mol. The van der Waals surface area contributed by atoms with Gasteiger partial charge in [-0.1, -0.05) is 42.5 Å². The van der Waals surface area contributed by atoms with Gasteiger partial charge in [0.15, 0.2) is 0 Å². The molecular weight excluding hydrogens is 364 g/mol. The first-order valence-corrected chi connectivity index (χ1v) is 10.4. The Balaban J connectivity index is 1.38. The number of methoxy groups -OCH3 is 1. The Morgan fingerprint density at radius 3 is 2.59 bits per heavy atom. The Labute approximate surface area is 173 Å². The molecule has 0 saturated carbocycles. The standard InChI is InChI=1S/C24H30N2O3/c1-29-24(28)21-11-9-20(10-12-21)18-25-16-15-22-13-14-23(27)26(22)17-5-8-19-6-3-2-4-7-19/h2-4,6-7,9-12,22,25H,5,8,13-18H2,1H3. The maximum Gasteiger partial charge on any atom is 0.337 e. The number of rotatable bonds is 10. The van der Waals surface area contributed by atoms with E-state index in [-0.39, 0.29) is 5.97 Å². The van der Waals surface area contributed by atoms with Crippen LogP contribution < -0.4 is 5.32 Å². The lowest BCUT2D eigenvalue weighted by Crippen LogP contribution is -2.36. The van der Waals surface area contributed by atoms with Gasteiger partial charge in [-0.05, 0) is 55.5 Å². The third-order valence-electron chi connectivity index (χ3n) is 5.52. The van der Waals surface area contributed by atoms with E-state index in [4.69, 9.17) is 4.74 Å². The summed E-state index contributed by atoms with van der Waals surface area (Å²) in [6.45, 7) is 2.45. The molecule has 1 N–H and O–H groups in total. The Hall–Kier alpha value is -2.66. The molecule has 5 nitrogen and oxygen atoms in total. The zero-order chi connectivity index (χ0) is 20.5. The van der Waals surface area contributed by atoms with Gasteiger partial charge >= 0.3 is 5.97 Å². The van der Waals surface area contributed by atoms with Gasteiger partial charge in [0, 0.05) is 25.6 Å². The van der Waals surface area contributed by atoms with Crippen LogP contribution in [0.5, 0.6) is 0 Å². The molecular formula is C24H30N2O3. The number of nitrogens with one attached hydrogen (secondary N) is 1. The minimum Gasteiger partial charge on any atom is -0.465 e. The third kappa shape index (κ3) is 6.16. The molecule has 0 aromatic heterocycles. The zero-order valence-corrected chi connectivity index (χ0v) is 17.1. The van der Waals surface area contributed by atoms with Crippen LogP contribution in [0.15, 0.2) is 54.6 Å². The maximum atomic E-state index is 12.3. The van der Waals surface area contributed by atoms with Crippen molar-refractivity contribution in [3.63, 3.8) is 0 Å². The second-order valence-electron chi connectivity index (χ2n) is 7.52. The number of amides is 1. The molecule has 1 aliphatic heterocycles. The van der Waals surface area contributed by atoms with Crippen molar-refractivity contribution in [3.05, 3.63) is 71.3 Å². The van der Waals surface area contributed by atoms with Crippen LogP contribution in [0.2, 0.25) is 0 Å². The van der Waals surface area contributed by atoms with Gasteiger partial charge < -0.3 is 15.0 Å². The normalized spacial score (nSPS) is 16.2. The summed E-state index contributed by atoms with van der Waals surface area (Å²) in [7, 11) is 1.39. The zero-order valence-electron chi connectivity index (χ0n) is 17.1. The van der Waals surface area contributed by atoms with Crippen LogP contribution in [-0.2, 0) is 22.5 Å². The number of hydrogen-bond donors (Lipinski definition) is 1. The molecule has 1 aliphatic rings. The molecule has 1 saturated heterocycles. The van der Waals surface area contributed by atoms with Crippen LogP contribution in [0.4, 0.5) is 0 Å². The molecule has 1 fully saturated rings. The number of carbonyl (C=O) groups excluding carboxylic acids is 2. The maximum absolute atomic E-state index is 12.3. The van der Waals surface area contributed by atoms with Gasteiger partial charge in [-0.15, -0.1) is 0 Å². The predicted molar refractivity (Wildman–Crippen MR) is 114 cm³/mol. The van der Waals surface area contributed by atoms with E-state index in [1.54, 1.807) is 12.1 Å². The highest BCUT2D eigenvalue weighted by molar-refractivity contribution is 5.89. The second kappa shape index (κ2) is 10.8. The number of hydrogen-bond acceptors (Lipinski definition) is 4. The quantitative estimate of drug-likeness (QED) is 0.494. The van der Waals surface area contributed by atoms with E-state index < -0.39 is 0 Å². The van der Waals surface area contributed by atoms with E-state index in [0.717, 1.165) is 50.9 Å². The van der Waals surface area contributed by atoms with Crippen molar-refractivity contribution in [3.8, 4) is 0 Å². The lowest BCUT2D eigenvalue weighted by molar-refractivity contribution is -0.129. The number of aryl methyl sites for hydroxylation is 1. The Bertz CT molecular complexity index is 790. The van der Waals surface area contributed by atoms with E-state index in [1.807, 2.05) is 18.2 Å². The molecule has 29 heavy (non-hydrogen) atoms. The fraction of sp³-hybridized carbons (Fsp3) is 0.417. The summed E-state index contributed by atoms with van der Waals surface area (Å²) in [5.74, 6) is -0.0239. The van der Waals surface area contributed by atoms with Crippen LogP contribution in [0.3, 0.4) is 0 Å². The number of benzene rings is 2. The highest BCUT2D eigenvalue weighted by atomic mass is 16.5. The van der Waals surface area contributed by atoms with E-state index in [1.165, 1.54) is 12.7 Å². The smallest absolute Gasteiger partial charge is 0.337 e. The molecule has 3 rings (SSSR count). The van der Waals surface area contributed by atoms with Gasteiger partial charge in [0.05, 0.1) is 12.7 Å². The first-order chi connectivity index (χ1) is 14.2. The van der Waals surface area contributed by atoms with Crippen molar-refractivity contribution in [2.24, 2.45) is 0 Å². The topological polar surface area (TPSA) is 58.6 Å². The summed E-state index contributed by atoms with van der Waals surface area (Å²) in [5, 5.41) is 3.45. The van der Waals surface area contributed by atoms with Gasteiger partial charge in [-0.2, -0.15) is 0 Å². The summed E-state index contributed by atoms with van der Waals surface area (Å²) in [4.78, 5) is 25.8. The van der Waals surface area contributed by atoms with Crippen LogP contribution >= 0.6 is 0 Å². The summed E-state index contributed by atoms with van der Waals surface area (Å²) in [5.41, 5.74) is 3.02. The number of nitrogens with zero attached hydrogens (tertiary/aromatic N) is 1. The minimum absolute atomic E-state index is 0.293. The Kier molecular flexibility index (Phi) is 7.82. The van der Waals surface area contributed by atoms with Gasteiger partial charge in [-0.25, -0.2) is 4.79 Å². The van der Waals surface area contributed by atoms with Gasteiger partial charge in [0.1, 0.15) is 0 Å². The van der Waals surface area contributed by atoms with Crippen LogP contribution in [0.25, 0.3) is 0 Å². The van der Waals surface area contributed by atoms with Gasteiger partial charge in [-0.3, -0.25) is 4.79 Å². The molecule has 0 aliphatic carbocycles. The summed E-state index contributed by atoms with van der Waals surface area (Å²) >= 11 is 0. The Morgan fingerprint density at radius 1 is 1.10 bits per heavy atom. The number of esters is 1. The van der Waals surface area contributed by atoms with E-state index in [2.05, 4.69) is 34.5 Å². The first-order valence-electron chi connectivity index (χ1n) is 10.4. The monoisotopic (exact) mass is 394 g/mol. The van der Waals surface area contributed by atoms with E-state index >= 15 is 0 Å². The van der Waals surface area contributed by atoms with Gasteiger partial charge in [0.25, 0.3) is 0 Å². The SMILES string of the molecule is COC(=O)c1ccc(CNCCC2CCC(=O)N2CCCc2ccccc2)cc1.